The van der Waals surface area contributed by atoms with Gasteiger partial charge < -0.3 is 10.1 Å². The van der Waals surface area contributed by atoms with Gasteiger partial charge in [-0.15, -0.1) is 0 Å². The van der Waals surface area contributed by atoms with Crippen molar-refractivity contribution in [1.29, 1.82) is 0 Å². The predicted octanol–water partition coefficient (Wildman–Crippen LogP) is 0.922. The van der Waals surface area contributed by atoms with Crippen LogP contribution in [0, 0.1) is 10.1 Å². The lowest BCUT2D eigenvalue weighted by atomic mass is 10.3. The molecule has 0 unspecified atom stereocenters. The maximum absolute atomic E-state index is 11.1. The van der Waals surface area contributed by atoms with Crippen molar-refractivity contribution in [3.8, 4) is 0 Å². The molecule has 0 aliphatic heterocycles. The Bertz CT molecular complexity index is 744. The van der Waals surface area contributed by atoms with Crippen molar-refractivity contribution >= 4 is 23.4 Å². The SMILES string of the molecule is O=C(O)c1ccc([N+](=O)[O-])c(Sc2nccc(=O)[nH]2)n1. The zero-order valence-corrected chi connectivity index (χ0v) is 10.5. The van der Waals surface area contributed by atoms with E-state index in [0.717, 1.165) is 12.1 Å². The molecule has 2 heterocycles. The van der Waals surface area contributed by atoms with Gasteiger partial charge in [0.15, 0.2) is 10.2 Å². The standard InChI is InChI=1S/C10H6N4O5S/c15-7-3-4-11-10(13-7)20-8-6(14(18)19)2-1-5(12-8)9(16)17/h1-4H,(H,16,17)(H,11,13,15). The van der Waals surface area contributed by atoms with E-state index in [1.54, 1.807) is 0 Å². The number of hydrogen-bond acceptors (Lipinski definition) is 7. The number of aromatic amines is 1. The van der Waals surface area contributed by atoms with Gasteiger partial charge in [-0.2, -0.15) is 0 Å². The second-order valence-corrected chi connectivity index (χ2v) is 4.40. The normalized spacial score (nSPS) is 10.2. The smallest absolute Gasteiger partial charge is 0.354 e. The van der Waals surface area contributed by atoms with Crippen molar-refractivity contribution < 1.29 is 14.8 Å². The van der Waals surface area contributed by atoms with Crippen LogP contribution in [0.2, 0.25) is 0 Å². The summed E-state index contributed by atoms with van der Waals surface area (Å²) in [6.45, 7) is 0. The number of carbonyl (C=O) groups is 1. The highest BCUT2D eigenvalue weighted by molar-refractivity contribution is 7.99. The van der Waals surface area contributed by atoms with Crippen LogP contribution in [0.1, 0.15) is 10.5 Å². The molecule has 2 N–H and O–H groups in total. The van der Waals surface area contributed by atoms with E-state index in [1.165, 1.54) is 12.3 Å². The average Bonchev–Trinajstić information content (AvgIpc) is 2.38. The van der Waals surface area contributed by atoms with Crippen LogP contribution >= 0.6 is 11.8 Å². The van der Waals surface area contributed by atoms with Gasteiger partial charge in [-0.1, -0.05) is 0 Å². The molecular weight excluding hydrogens is 288 g/mol. The first kappa shape index (κ1) is 13.7. The lowest BCUT2D eigenvalue weighted by Crippen LogP contribution is -2.07. The number of carboxylic acids is 1. The second-order valence-electron chi connectivity index (χ2n) is 3.42. The van der Waals surface area contributed by atoms with Gasteiger partial charge in [-0.3, -0.25) is 14.9 Å². The minimum absolute atomic E-state index is 0.0793. The van der Waals surface area contributed by atoms with Crippen molar-refractivity contribution in [2.24, 2.45) is 0 Å². The Morgan fingerprint density at radius 2 is 2.15 bits per heavy atom. The highest BCUT2D eigenvalue weighted by atomic mass is 32.2. The number of nitrogens with one attached hydrogen (secondary N) is 1. The van der Waals surface area contributed by atoms with Crippen molar-refractivity contribution in [2.45, 2.75) is 10.2 Å². The van der Waals surface area contributed by atoms with Crippen molar-refractivity contribution in [1.82, 2.24) is 15.0 Å². The topological polar surface area (TPSA) is 139 Å². The van der Waals surface area contributed by atoms with Gasteiger partial charge in [0, 0.05) is 18.3 Å². The van der Waals surface area contributed by atoms with Gasteiger partial charge in [-0.05, 0) is 17.8 Å². The van der Waals surface area contributed by atoms with Crippen LogP contribution in [-0.4, -0.2) is 31.0 Å². The Morgan fingerprint density at radius 1 is 1.40 bits per heavy atom. The van der Waals surface area contributed by atoms with Crippen molar-refractivity contribution in [3.63, 3.8) is 0 Å². The molecule has 0 spiro atoms. The number of hydrogen-bond donors (Lipinski definition) is 2. The van der Waals surface area contributed by atoms with E-state index >= 15 is 0 Å². The first-order valence-electron chi connectivity index (χ1n) is 5.09. The van der Waals surface area contributed by atoms with Crippen LogP contribution in [0.15, 0.2) is 39.4 Å². The Morgan fingerprint density at radius 3 is 2.75 bits per heavy atom. The lowest BCUT2D eigenvalue weighted by molar-refractivity contribution is -0.388. The Kier molecular flexibility index (Phi) is 3.75. The highest BCUT2D eigenvalue weighted by Gasteiger charge is 2.20. The fourth-order valence-electron chi connectivity index (χ4n) is 1.26. The molecule has 0 aliphatic carbocycles. The fraction of sp³-hybridized carbons (Fsp3) is 0. The van der Waals surface area contributed by atoms with Gasteiger partial charge in [-0.25, -0.2) is 14.8 Å². The van der Waals surface area contributed by atoms with E-state index in [4.69, 9.17) is 5.11 Å². The molecule has 10 heteroatoms. The summed E-state index contributed by atoms with van der Waals surface area (Å²) in [7, 11) is 0. The lowest BCUT2D eigenvalue weighted by Gasteiger charge is -2.02. The summed E-state index contributed by atoms with van der Waals surface area (Å²) in [5.74, 6) is -1.31. The summed E-state index contributed by atoms with van der Waals surface area (Å²) in [5, 5.41) is 19.6. The molecule has 2 aromatic heterocycles. The van der Waals surface area contributed by atoms with Gasteiger partial charge in [0.05, 0.1) is 4.92 Å². The summed E-state index contributed by atoms with van der Waals surface area (Å²) >= 11 is 0.706. The molecule has 0 saturated carbocycles. The van der Waals surface area contributed by atoms with Crippen LogP contribution in [0.5, 0.6) is 0 Å². The Hall–Kier alpha value is -2.75. The van der Waals surface area contributed by atoms with E-state index < -0.39 is 16.5 Å². The number of rotatable bonds is 4. The zero-order valence-electron chi connectivity index (χ0n) is 9.64. The monoisotopic (exact) mass is 294 g/mol. The zero-order chi connectivity index (χ0) is 14.7. The predicted molar refractivity (Wildman–Crippen MR) is 66.8 cm³/mol. The van der Waals surface area contributed by atoms with Gasteiger partial charge in [0.2, 0.25) is 0 Å². The molecule has 0 amide bonds. The first-order valence-corrected chi connectivity index (χ1v) is 5.91. The van der Waals surface area contributed by atoms with E-state index in [0.29, 0.717) is 11.8 Å². The second kappa shape index (κ2) is 5.48. The number of aromatic carboxylic acids is 1. The summed E-state index contributed by atoms with van der Waals surface area (Å²) < 4.78 is 0. The third-order valence-corrected chi connectivity index (χ3v) is 2.99. The third-order valence-electron chi connectivity index (χ3n) is 2.10. The minimum Gasteiger partial charge on any atom is -0.477 e. The molecule has 2 rings (SSSR count). The molecule has 20 heavy (non-hydrogen) atoms. The number of nitrogens with zero attached hydrogens (tertiary/aromatic N) is 3. The van der Waals surface area contributed by atoms with E-state index in [1.807, 2.05) is 0 Å². The van der Waals surface area contributed by atoms with Crippen molar-refractivity contribution in [2.75, 3.05) is 0 Å². The fourth-order valence-corrected chi connectivity index (χ4v) is 2.10. The largest absolute Gasteiger partial charge is 0.477 e. The molecule has 0 fully saturated rings. The van der Waals surface area contributed by atoms with E-state index in [-0.39, 0.29) is 21.6 Å². The molecule has 0 saturated heterocycles. The van der Waals surface area contributed by atoms with Crippen LogP contribution in [-0.2, 0) is 0 Å². The van der Waals surface area contributed by atoms with Gasteiger partial charge in [0.25, 0.3) is 5.56 Å². The number of aromatic nitrogens is 3. The van der Waals surface area contributed by atoms with Crippen LogP contribution in [0.3, 0.4) is 0 Å². The Labute approximate surface area is 114 Å². The molecule has 9 nitrogen and oxygen atoms in total. The maximum Gasteiger partial charge on any atom is 0.354 e. The molecule has 0 radical (unpaired) electrons. The summed E-state index contributed by atoms with van der Waals surface area (Å²) in [6, 6.07) is 3.26. The quantitative estimate of drug-likeness (QED) is 0.482. The minimum atomic E-state index is -1.31. The van der Waals surface area contributed by atoms with E-state index in [2.05, 4.69) is 15.0 Å². The third kappa shape index (κ3) is 2.98. The van der Waals surface area contributed by atoms with Gasteiger partial charge >= 0.3 is 11.7 Å². The van der Waals surface area contributed by atoms with Crippen LogP contribution < -0.4 is 5.56 Å². The molecule has 2 aromatic rings. The molecule has 0 atom stereocenters. The number of nitro groups is 1. The van der Waals surface area contributed by atoms with E-state index in [9.17, 15) is 19.7 Å². The number of H-pyrrole nitrogens is 1. The highest BCUT2D eigenvalue weighted by Crippen LogP contribution is 2.30. The molecule has 0 aliphatic rings. The molecule has 0 bridgehead atoms. The first-order chi connectivity index (χ1) is 9.47. The Balaban J connectivity index is 2.47. The molecular formula is C10H6N4O5S. The molecule has 0 aromatic carbocycles. The summed E-state index contributed by atoms with van der Waals surface area (Å²) in [5.41, 5.74) is -1.14. The van der Waals surface area contributed by atoms with Gasteiger partial charge in [0.1, 0.15) is 5.69 Å². The van der Waals surface area contributed by atoms with Crippen molar-refractivity contribution in [3.05, 3.63) is 50.6 Å². The summed E-state index contributed by atoms with van der Waals surface area (Å²) in [4.78, 5) is 42.0. The molecule has 102 valence electrons. The average molecular weight is 294 g/mol. The van der Waals surface area contributed by atoms with Crippen LogP contribution in [0.4, 0.5) is 5.69 Å². The number of carboxylic acid groups (broad SMARTS) is 1. The summed E-state index contributed by atoms with van der Waals surface area (Å²) in [6.07, 6.45) is 1.23. The van der Waals surface area contributed by atoms with Crippen LogP contribution in [0.25, 0.3) is 0 Å². The number of pyridine rings is 1. The maximum atomic E-state index is 11.1.